The second kappa shape index (κ2) is 7.50. The summed E-state index contributed by atoms with van der Waals surface area (Å²) in [6.07, 6.45) is 0.951. The van der Waals surface area contributed by atoms with Crippen molar-refractivity contribution in [1.29, 1.82) is 0 Å². The van der Waals surface area contributed by atoms with Crippen molar-refractivity contribution in [1.82, 2.24) is 14.5 Å². The van der Waals surface area contributed by atoms with Gasteiger partial charge in [-0.1, -0.05) is 42.5 Å². The Kier molecular flexibility index (Phi) is 4.92. The molecule has 1 aliphatic heterocycles. The molecule has 0 bridgehead atoms. The first kappa shape index (κ1) is 17.7. The van der Waals surface area contributed by atoms with Crippen molar-refractivity contribution < 1.29 is 0 Å². The lowest BCUT2D eigenvalue weighted by Crippen LogP contribution is -2.40. The summed E-state index contributed by atoms with van der Waals surface area (Å²) >= 11 is 5.45. The zero-order valence-corrected chi connectivity index (χ0v) is 16.1. The maximum absolute atomic E-state index is 12.6. The van der Waals surface area contributed by atoms with E-state index in [0.29, 0.717) is 18.0 Å². The van der Waals surface area contributed by atoms with E-state index in [1.165, 1.54) is 5.56 Å². The molecule has 1 aliphatic rings. The maximum atomic E-state index is 12.6. The number of H-pyrrole nitrogens is 1. The standard InChI is InChI=1S/C21H22N4OS/c1-15-6-5-9-17(12-15)25-19-18(20(26)23-21(25)27)13-24(14-22-19)11-10-16-7-3-2-4-8-16/h2-9,12,22H,10-11,13-14H2,1H3,(H,23,26,27). The fraction of sp³-hybridized carbons (Fsp3) is 0.238. The summed E-state index contributed by atoms with van der Waals surface area (Å²) in [5.74, 6) is 0.797. The monoisotopic (exact) mass is 378 g/mol. The van der Waals surface area contributed by atoms with Gasteiger partial charge in [0.15, 0.2) is 4.77 Å². The predicted octanol–water partition coefficient (Wildman–Crippen LogP) is 3.63. The minimum absolute atomic E-state index is 0.115. The van der Waals surface area contributed by atoms with Gasteiger partial charge in [0, 0.05) is 13.1 Å². The van der Waals surface area contributed by atoms with Gasteiger partial charge < -0.3 is 5.32 Å². The van der Waals surface area contributed by atoms with Crippen molar-refractivity contribution in [2.45, 2.75) is 19.9 Å². The van der Waals surface area contributed by atoms with Crippen LogP contribution in [0.25, 0.3) is 5.69 Å². The van der Waals surface area contributed by atoms with Gasteiger partial charge in [-0.05, 0) is 48.8 Å². The summed E-state index contributed by atoms with van der Waals surface area (Å²) in [5, 5.41) is 3.42. The molecule has 0 saturated heterocycles. The molecule has 0 atom stereocenters. The molecule has 2 N–H and O–H groups in total. The normalized spacial score (nSPS) is 13.8. The molecular formula is C21H22N4OS. The number of fused-ring (bicyclic) bond motifs is 1. The highest BCUT2D eigenvalue weighted by molar-refractivity contribution is 7.71. The third-order valence-corrected chi connectivity index (χ3v) is 5.16. The molecule has 1 aromatic heterocycles. The van der Waals surface area contributed by atoms with E-state index in [9.17, 15) is 4.79 Å². The molecule has 5 nitrogen and oxygen atoms in total. The van der Waals surface area contributed by atoms with Crippen molar-refractivity contribution in [3.63, 3.8) is 0 Å². The number of benzene rings is 2. The van der Waals surface area contributed by atoms with Crippen molar-refractivity contribution >= 4 is 18.0 Å². The summed E-state index contributed by atoms with van der Waals surface area (Å²) in [6, 6.07) is 18.5. The predicted molar refractivity (Wildman–Crippen MR) is 111 cm³/mol. The molecule has 0 radical (unpaired) electrons. The minimum atomic E-state index is -0.115. The average molecular weight is 379 g/mol. The van der Waals surface area contributed by atoms with E-state index in [1.807, 2.05) is 35.8 Å². The Balaban J connectivity index is 1.63. The van der Waals surface area contributed by atoms with Crippen LogP contribution in [0.2, 0.25) is 0 Å². The Hall–Kier alpha value is -2.70. The second-order valence-electron chi connectivity index (χ2n) is 6.88. The number of hydrogen-bond acceptors (Lipinski definition) is 4. The Morgan fingerprint density at radius 3 is 2.70 bits per heavy atom. The lowest BCUT2D eigenvalue weighted by molar-refractivity contribution is 0.276. The van der Waals surface area contributed by atoms with Crippen LogP contribution in [-0.2, 0) is 13.0 Å². The molecule has 0 unspecified atom stereocenters. The van der Waals surface area contributed by atoms with Gasteiger partial charge in [0.2, 0.25) is 0 Å². The lowest BCUT2D eigenvalue weighted by atomic mass is 10.1. The highest BCUT2D eigenvalue weighted by atomic mass is 32.1. The fourth-order valence-corrected chi connectivity index (χ4v) is 3.76. The van der Waals surface area contributed by atoms with Crippen molar-refractivity contribution in [3.8, 4) is 5.69 Å². The smallest absolute Gasteiger partial charge is 0.258 e. The van der Waals surface area contributed by atoms with E-state index in [0.717, 1.165) is 35.6 Å². The van der Waals surface area contributed by atoms with E-state index < -0.39 is 0 Å². The van der Waals surface area contributed by atoms with Crippen LogP contribution in [0.4, 0.5) is 5.82 Å². The first-order valence-electron chi connectivity index (χ1n) is 9.07. The number of anilines is 1. The average Bonchev–Trinajstić information content (AvgIpc) is 2.67. The van der Waals surface area contributed by atoms with Crippen LogP contribution in [-0.4, -0.2) is 27.7 Å². The number of hydrogen-bond donors (Lipinski definition) is 2. The van der Waals surface area contributed by atoms with E-state index in [2.05, 4.69) is 45.5 Å². The molecule has 6 heteroatoms. The highest BCUT2D eigenvalue weighted by Gasteiger charge is 2.22. The number of aromatic amines is 1. The van der Waals surface area contributed by atoms with Crippen LogP contribution >= 0.6 is 12.2 Å². The first-order valence-corrected chi connectivity index (χ1v) is 9.48. The van der Waals surface area contributed by atoms with Gasteiger partial charge in [-0.25, -0.2) is 0 Å². The quantitative estimate of drug-likeness (QED) is 0.681. The Bertz CT molecular complexity index is 1070. The summed E-state index contributed by atoms with van der Waals surface area (Å²) in [6.45, 7) is 4.22. The van der Waals surface area contributed by atoms with Gasteiger partial charge >= 0.3 is 0 Å². The molecule has 27 heavy (non-hydrogen) atoms. The van der Waals surface area contributed by atoms with Crippen molar-refractivity contribution in [3.05, 3.63) is 86.4 Å². The summed E-state index contributed by atoms with van der Waals surface area (Å²) in [7, 11) is 0. The number of nitrogens with zero attached hydrogens (tertiary/aromatic N) is 2. The van der Waals surface area contributed by atoms with Gasteiger partial charge in [-0.15, -0.1) is 0 Å². The van der Waals surface area contributed by atoms with Crippen LogP contribution in [0.15, 0.2) is 59.4 Å². The van der Waals surface area contributed by atoms with E-state index in [1.54, 1.807) is 0 Å². The molecule has 2 heterocycles. The summed E-state index contributed by atoms with van der Waals surface area (Å²) < 4.78 is 2.34. The Labute approximate surface area is 163 Å². The highest BCUT2D eigenvalue weighted by Crippen LogP contribution is 2.23. The molecule has 2 aromatic carbocycles. The molecule has 138 valence electrons. The zero-order chi connectivity index (χ0) is 18.8. The number of rotatable bonds is 4. The van der Waals surface area contributed by atoms with Crippen molar-refractivity contribution in [2.24, 2.45) is 0 Å². The third kappa shape index (κ3) is 3.72. The molecule has 0 amide bonds. The summed E-state index contributed by atoms with van der Waals surface area (Å²) in [4.78, 5) is 17.6. The zero-order valence-electron chi connectivity index (χ0n) is 15.2. The van der Waals surface area contributed by atoms with Gasteiger partial charge in [-0.3, -0.25) is 19.2 Å². The maximum Gasteiger partial charge on any atom is 0.258 e. The largest absolute Gasteiger partial charge is 0.358 e. The van der Waals surface area contributed by atoms with E-state index in [-0.39, 0.29) is 5.56 Å². The van der Waals surface area contributed by atoms with E-state index in [4.69, 9.17) is 12.2 Å². The molecule has 0 aliphatic carbocycles. The van der Waals surface area contributed by atoms with Crippen LogP contribution in [0.5, 0.6) is 0 Å². The van der Waals surface area contributed by atoms with Gasteiger partial charge in [0.1, 0.15) is 5.82 Å². The Morgan fingerprint density at radius 2 is 1.93 bits per heavy atom. The number of aryl methyl sites for hydroxylation is 1. The lowest BCUT2D eigenvalue weighted by Gasteiger charge is -2.31. The second-order valence-corrected chi connectivity index (χ2v) is 7.27. The Morgan fingerprint density at radius 1 is 1.11 bits per heavy atom. The molecule has 4 rings (SSSR count). The third-order valence-electron chi connectivity index (χ3n) is 4.88. The molecular weight excluding hydrogens is 356 g/mol. The fourth-order valence-electron chi connectivity index (χ4n) is 3.47. The van der Waals surface area contributed by atoms with Crippen LogP contribution in [0.1, 0.15) is 16.7 Å². The first-order chi connectivity index (χ1) is 13.1. The van der Waals surface area contributed by atoms with E-state index >= 15 is 0 Å². The topological polar surface area (TPSA) is 53.1 Å². The van der Waals surface area contributed by atoms with Crippen molar-refractivity contribution in [2.75, 3.05) is 18.5 Å². The molecule has 0 fully saturated rings. The van der Waals surface area contributed by atoms with Crippen LogP contribution in [0, 0.1) is 11.7 Å². The summed E-state index contributed by atoms with van der Waals surface area (Å²) in [5.41, 5.74) is 4.01. The molecule has 0 spiro atoms. The van der Waals surface area contributed by atoms with Gasteiger partial charge in [-0.2, -0.15) is 0 Å². The van der Waals surface area contributed by atoms with Gasteiger partial charge in [0.25, 0.3) is 5.56 Å². The molecule has 3 aromatic rings. The minimum Gasteiger partial charge on any atom is -0.358 e. The van der Waals surface area contributed by atoms with Crippen LogP contribution < -0.4 is 10.9 Å². The SMILES string of the molecule is Cc1cccc(-n2c3c(c(=O)[nH]c2=S)CN(CCc2ccccc2)CN3)c1. The van der Waals surface area contributed by atoms with Gasteiger partial charge in [0.05, 0.1) is 17.9 Å². The van der Waals surface area contributed by atoms with Crippen LogP contribution in [0.3, 0.4) is 0 Å². The number of nitrogens with one attached hydrogen (secondary N) is 2. The molecule has 0 saturated carbocycles. The number of aromatic nitrogens is 2.